The highest BCUT2D eigenvalue weighted by Crippen LogP contribution is 2.04. The molecule has 14 nitrogen and oxygen atoms in total. The number of methoxy groups -OCH3 is 1. The number of nitrogens with one attached hydrogen (secondary N) is 3. The zero-order valence-electron chi connectivity index (χ0n) is 19.6. The highest BCUT2D eigenvalue weighted by Gasteiger charge is 2.24. The van der Waals surface area contributed by atoms with Crippen LogP contribution in [0.2, 0.25) is 0 Å². The van der Waals surface area contributed by atoms with Crippen molar-refractivity contribution < 1.29 is 28.9 Å². The molecule has 2 amide bonds. The fraction of sp³-hybridized carbons (Fsp3) is 0.524. The second kappa shape index (κ2) is 16.6. The number of ether oxygens (including phenoxy) is 2. The monoisotopic (exact) mass is 495 g/mol. The zero-order valence-corrected chi connectivity index (χ0v) is 19.6. The largest absolute Gasteiger partial charge is 0.467 e. The van der Waals surface area contributed by atoms with Gasteiger partial charge >= 0.3 is 12.1 Å². The smallest absolute Gasteiger partial charge is 0.407 e. The maximum Gasteiger partial charge on any atom is 0.407 e. The summed E-state index contributed by atoms with van der Waals surface area (Å²) in [6.45, 7) is 0.638. The van der Waals surface area contributed by atoms with E-state index in [4.69, 9.17) is 20.9 Å². The third kappa shape index (κ3) is 13.4. The van der Waals surface area contributed by atoms with Crippen LogP contribution < -0.4 is 27.5 Å². The Morgan fingerprint density at radius 3 is 2.51 bits per heavy atom. The predicted molar refractivity (Wildman–Crippen MR) is 126 cm³/mol. The van der Waals surface area contributed by atoms with Gasteiger partial charge in [0, 0.05) is 13.1 Å². The summed E-state index contributed by atoms with van der Waals surface area (Å²) in [5.41, 5.74) is 13.8. The van der Waals surface area contributed by atoms with Gasteiger partial charge in [0.15, 0.2) is 5.03 Å². The van der Waals surface area contributed by atoms with E-state index in [1.165, 1.54) is 7.11 Å². The number of benzene rings is 1. The number of rotatable bonds is 15. The molecule has 0 spiro atoms. The molecular formula is C21H33N7O7. The van der Waals surface area contributed by atoms with Crippen molar-refractivity contribution in [1.82, 2.24) is 16.1 Å². The third-order valence-corrected chi connectivity index (χ3v) is 4.70. The predicted octanol–water partition coefficient (Wildman–Crippen LogP) is -0.0556. The first kappa shape index (κ1) is 29.1. The van der Waals surface area contributed by atoms with Gasteiger partial charge in [-0.15, -0.1) is 0 Å². The summed E-state index contributed by atoms with van der Waals surface area (Å²) in [5.74, 6) is -1.53. The zero-order chi connectivity index (χ0) is 26.1. The first-order valence-corrected chi connectivity index (χ1v) is 11.0. The van der Waals surface area contributed by atoms with Crippen molar-refractivity contribution in [3.63, 3.8) is 0 Å². The molecule has 0 saturated carbocycles. The molecule has 0 heterocycles. The van der Waals surface area contributed by atoms with E-state index in [2.05, 4.69) is 15.6 Å². The molecule has 0 aromatic heterocycles. The van der Waals surface area contributed by atoms with Gasteiger partial charge in [-0.3, -0.25) is 4.79 Å². The number of alkyl carbamates (subject to hydrolysis) is 1. The van der Waals surface area contributed by atoms with Crippen molar-refractivity contribution >= 4 is 23.9 Å². The average Bonchev–Trinajstić information content (AvgIpc) is 2.83. The molecule has 0 bridgehead atoms. The minimum absolute atomic E-state index is 0.100. The Kier molecular flexibility index (Phi) is 13.8. The second-order valence-corrected chi connectivity index (χ2v) is 7.45. The Hall–Kier alpha value is -3.94. The van der Waals surface area contributed by atoms with Gasteiger partial charge in [-0.1, -0.05) is 35.8 Å². The van der Waals surface area contributed by atoms with Gasteiger partial charge in [0.2, 0.25) is 5.91 Å². The van der Waals surface area contributed by atoms with E-state index < -0.39 is 35.1 Å². The molecule has 0 fully saturated rings. The number of carbonyl (C=O) groups is 3. The summed E-state index contributed by atoms with van der Waals surface area (Å²) in [5, 5.41) is 14.6. The SMILES string of the molecule is COC(=O)C(CCCN=C(N)N[N+](=O)[O-])NC(=O)C(N)CCCCNC(=O)OCc1ccccc1. The quantitative estimate of drug-likeness (QED) is 0.0546. The first-order chi connectivity index (χ1) is 16.7. The number of aliphatic imine (C=N–C) groups is 1. The lowest BCUT2D eigenvalue weighted by Crippen LogP contribution is -2.48. The van der Waals surface area contributed by atoms with Crippen LogP contribution in [0.3, 0.4) is 0 Å². The van der Waals surface area contributed by atoms with E-state index in [9.17, 15) is 24.5 Å². The van der Waals surface area contributed by atoms with Crippen molar-refractivity contribution in [2.24, 2.45) is 16.5 Å². The molecule has 14 heteroatoms. The lowest BCUT2D eigenvalue weighted by atomic mass is 10.1. The molecule has 0 aliphatic heterocycles. The van der Waals surface area contributed by atoms with Crippen LogP contribution >= 0.6 is 0 Å². The Labute approximate surface area is 202 Å². The third-order valence-electron chi connectivity index (χ3n) is 4.70. The molecule has 0 aliphatic carbocycles. The summed E-state index contributed by atoms with van der Waals surface area (Å²) in [6, 6.07) is 7.49. The summed E-state index contributed by atoms with van der Waals surface area (Å²) in [6.07, 6.45) is 1.44. The Balaban J connectivity index is 2.28. The van der Waals surface area contributed by atoms with E-state index in [0.29, 0.717) is 32.2 Å². The van der Waals surface area contributed by atoms with Crippen LogP contribution in [-0.4, -0.2) is 61.2 Å². The van der Waals surface area contributed by atoms with Crippen LogP contribution in [0.1, 0.15) is 37.7 Å². The molecule has 1 rings (SSSR count). The van der Waals surface area contributed by atoms with E-state index >= 15 is 0 Å². The molecule has 1 aromatic carbocycles. The lowest BCUT2D eigenvalue weighted by molar-refractivity contribution is -0.525. The molecule has 2 unspecified atom stereocenters. The number of unbranched alkanes of at least 4 members (excludes halogenated alkanes) is 1. The average molecular weight is 496 g/mol. The molecule has 194 valence electrons. The van der Waals surface area contributed by atoms with E-state index in [-0.39, 0.29) is 25.5 Å². The fourth-order valence-electron chi connectivity index (χ4n) is 2.88. The van der Waals surface area contributed by atoms with E-state index in [0.717, 1.165) is 5.56 Å². The number of hydrogen-bond acceptors (Lipinski definition) is 9. The number of esters is 1. The first-order valence-electron chi connectivity index (χ1n) is 11.0. The molecular weight excluding hydrogens is 462 g/mol. The van der Waals surface area contributed by atoms with Gasteiger partial charge in [0.25, 0.3) is 5.96 Å². The Morgan fingerprint density at radius 1 is 1.14 bits per heavy atom. The van der Waals surface area contributed by atoms with Gasteiger partial charge in [-0.25, -0.2) is 24.7 Å². The van der Waals surface area contributed by atoms with Crippen LogP contribution in [0.15, 0.2) is 35.3 Å². The van der Waals surface area contributed by atoms with Crippen molar-refractivity contribution in [3.8, 4) is 0 Å². The molecule has 2 atom stereocenters. The summed E-state index contributed by atoms with van der Waals surface area (Å²) in [4.78, 5) is 50.0. The van der Waals surface area contributed by atoms with Crippen LogP contribution in [0, 0.1) is 10.1 Å². The molecule has 35 heavy (non-hydrogen) atoms. The minimum Gasteiger partial charge on any atom is -0.467 e. The van der Waals surface area contributed by atoms with Crippen LogP contribution in [0.4, 0.5) is 4.79 Å². The number of carbonyl (C=O) groups excluding carboxylic acids is 3. The summed E-state index contributed by atoms with van der Waals surface area (Å²) >= 11 is 0. The highest BCUT2D eigenvalue weighted by molar-refractivity contribution is 5.87. The topological polar surface area (TPSA) is 213 Å². The summed E-state index contributed by atoms with van der Waals surface area (Å²) < 4.78 is 9.81. The maximum absolute atomic E-state index is 12.4. The van der Waals surface area contributed by atoms with Gasteiger partial charge in [-0.05, 0) is 37.7 Å². The summed E-state index contributed by atoms with van der Waals surface area (Å²) in [7, 11) is 1.19. The number of nitrogens with zero attached hydrogens (tertiary/aromatic N) is 2. The van der Waals surface area contributed by atoms with Crippen molar-refractivity contribution in [1.29, 1.82) is 0 Å². The number of amides is 2. The fourth-order valence-corrected chi connectivity index (χ4v) is 2.88. The standard InChI is InChI=1S/C21H33N7O7/c1-34-19(30)17(11-7-13-24-20(23)27-28(32)33)26-18(29)16(22)10-5-6-12-25-21(31)35-14-15-8-3-2-4-9-15/h2-4,8-9,16-17H,5-7,10-14,22H2,1H3,(H,25,31)(H,26,29)(H3,23,24,27). The van der Waals surface area contributed by atoms with Gasteiger partial charge in [-0.2, -0.15) is 0 Å². The maximum atomic E-state index is 12.4. The molecule has 7 N–H and O–H groups in total. The number of hydrogen-bond donors (Lipinski definition) is 5. The van der Waals surface area contributed by atoms with E-state index in [1.807, 2.05) is 30.3 Å². The van der Waals surface area contributed by atoms with Crippen molar-refractivity contribution in [3.05, 3.63) is 46.0 Å². The molecule has 1 aromatic rings. The molecule has 0 radical (unpaired) electrons. The normalized spacial score (nSPS) is 12.7. The molecule has 0 aliphatic rings. The Bertz CT molecular complexity index is 852. The number of guanidine groups is 1. The van der Waals surface area contributed by atoms with E-state index in [1.54, 1.807) is 5.43 Å². The minimum atomic E-state index is -0.945. The van der Waals surface area contributed by atoms with Crippen LogP contribution in [0.5, 0.6) is 0 Å². The second-order valence-electron chi connectivity index (χ2n) is 7.45. The number of hydrazine groups is 1. The van der Waals surface area contributed by atoms with Crippen molar-refractivity contribution in [2.45, 2.75) is 50.8 Å². The lowest BCUT2D eigenvalue weighted by Gasteiger charge is -2.19. The van der Waals surface area contributed by atoms with Crippen LogP contribution in [0.25, 0.3) is 0 Å². The van der Waals surface area contributed by atoms with Crippen molar-refractivity contribution in [2.75, 3.05) is 20.2 Å². The van der Waals surface area contributed by atoms with Crippen LogP contribution in [-0.2, 0) is 25.7 Å². The van der Waals surface area contributed by atoms with Gasteiger partial charge in [0.1, 0.15) is 12.6 Å². The molecule has 0 saturated heterocycles. The van der Waals surface area contributed by atoms with Gasteiger partial charge in [0.05, 0.1) is 13.2 Å². The Morgan fingerprint density at radius 2 is 1.86 bits per heavy atom. The highest BCUT2D eigenvalue weighted by atomic mass is 16.7. The number of nitro groups is 1. The van der Waals surface area contributed by atoms with Gasteiger partial charge < -0.3 is 31.6 Å². The number of nitrogens with two attached hydrogens (primary N) is 2.